The van der Waals surface area contributed by atoms with E-state index in [1.807, 2.05) is 0 Å². The van der Waals surface area contributed by atoms with Crippen LogP contribution >= 0.6 is 0 Å². The fraction of sp³-hybridized carbons (Fsp3) is 0.385. The van der Waals surface area contributed by atoms with Gasteiger partial charge in [-0.2, -0.15) is 0 Å². The Bertz CT molecular complexity index is 448. The van der Waals surface area contributed by atoms with E-state index in [2.05, 4.69) is 10.1 Å². The molecular formula is C13H17NO6. The Morgan fingerprint density at radius 3 is 2.75 bits per heavy atom. The third-order valence-corrected chi connectivity index (χ3v) is 2.13. The second-order valence-electron chi connectivity index (χ2n) is 3.80. The third-order valence-electron chi connectivity index (χ3n) is 2.13. The van der Waals surface area contributed by atoms with E-state index in [4.69, 9.17) is 14.6 Å². The summed E-state index contributed by atoms with van der Waals surface area (Å²) in [5.41, 5.74) is 0.545. The van der Waals surface area contributed by atoms with Crippen LogP contribution < -0.4 is 10.1 Å². The lowest BCUT2D eigenvalue weighted by atomic mass is 10.3. The van der Waals surface area contributed by atoms with E-state index in [1.54, 1.807) is 31.4 Å². The Kier molecular flexibility index (Phi) is 7.08. The lowest BCUT2D eigenvalue weighted by molar-refractivity contribution is -0.143. The summed E-state index contributed by atoms with van der Waals surface area (Å²) in [6.07, 6.45) is 0. The molecule has 7 nitrogen and oxygen atoms in total. The minimum atomic E-state index is -1.12. The van der Waals surface area contributed by atoms with Gasteiger partial charge in [-0.25, -0.2) is 4.79 Å². The summed E-state index contributed by atoms with van der Waals surface area (Å²) in [4.78, 5) is 21.7. The van der Waals surface area contributed by atoms with Gasteiger partial charge in [0.05, 0.1) is 6.61 Å². The summed E-state index contributed by atoms with van der Waals surface area (Å²) < 4.78 is 14.9. The summed E-state index contributed by atoms with van der Waals surface area (Å²) in [7, 11) is 1.58. The van der Waals surface area contributed by atoms with Crippen LogP contribution in [-0.2, 0) is 19.1 Å². The standard InChI is InChI=1S/C13H17NO6/c1-18-5-6-20-11-4-2-3-10(7-11)14-12(15)8-19-9-13(16)17/h2-4,7H,5-6,8-9H2,1H3,(H,14,15)(H,16,17). The van der Waals surface area contributed by atoms with Crippen molar-refractivity contribution in [1.82, 2.24) is 0 Å². The van der Waals surface area contributed by atoms with Crippen molar-refractivity contribution in [2.45, 2.75) is 0 Å². The van der Waals surface area contributed by atoms with Gasteiger partial charge in [0.1, 0.15) is 25.6 Å². The number of carboxylic acid groups (broad SMARTS) is 1. The number of carbonyl (C=O) groups excluding carboxylic acids is 1. The second kappa shape index (κ2) is 8.89. The van der Waals surface area contributed by atoms with E-state index in [0.717, 1.165) is 0 Å². The number of hydrogen-bond acceptors (Lipinski definition) is 5. The fourth-order valence-corrected chi connectivity index (χ4v) is 1.33. The molecule has 0 unspecified atom stereocenters. The van der Waals surface area contributed by atoms with Crippen LogP contribution in [0.15, 0.2) is 24.3 Å². The first-order chi connectivity index (χ1) is 9.61. The molecule has 0 aliphatic heterocycles. The number of methoxy groups -OCH3 is 1. The normalized spacial score (nSPS) is 10.1. The molecule has 1 rings (SSSR count). The molecule has 0 saturated heterocycles. The summed E-state index contributed by atoms with van der Waals surface area (Å²) in [6, 6.07) is 6.84. The van der Waals surface area contributed by atoms with E-state index in [9.17, 15) is 9.59 Å². The molecule has 0 aliphatic rings. The Labute approximate surface area is 116 Å². The highest BCUT2D eigenvalue weighted by Gasteiger charge is 2.05. The van der Waals surface area contributed by atoms with Gasteiger partial charge in [0.15, 0.2) is 0 Å². The zero-order valence-electron chi connectivity index (χ0n) is 11.1. The second-order valence-corrected chi connectivity index (χ2v) is 3.80. The zero-order valence-corrected chi connectivity index (χ0v) is 11.1. The summed E-state index contributed by atoms with van der Waals surface area (Å²) in [6.45, 7) is 0.0594. The quantitative estimate of drug-likeness (QED) is 0.649. The molecular weight excluding hydrogens is 266 g/mol. The van der Waals surface area contributed by atoms with Crippen molar-refractivity contribution in [2.24, 2.45) is 0 Å². The Morgan fingerprint density at radius 1 is 1.25 bits per heavy atom. The van der Waals surface area contributed by atoms with E-state index in [-0.39, 0.29) is 6.61 Å². The molecule has 20 heavy (non-hydrogen) atoms. The minimum Gasteiger partial charge on any atom is -0.491 e. The molecule has 1 aromatic rings. The minimum absolute atomic E-state index is 0.318. The van der Waals surface area contributed by atoms with Gasteiger partial charge in [-0.3, -0.25) is 4.79 Å². The van der Waals surface area contributed by atoms with Crippen molar-refractivity contribution in [3.8, 4) is 5.75 Å². The number of nitrogens with one attached hydrogen (secondary N) is 1. The maximum atomic E-state index is 11.5. The molecule has 0 aliphatic carbocycles. The molecule has 0 radical (unpaired) electrons. The SMILES string of the molecule is COCCOc1cccc(NC(=O)COCC(=O)O)c1. The van der Waals surface area contributed by atoms with Crippen molar-refractivity contribution in [2.75, 3.05) is 38.9 Å². The average Bonchev–Trinajstić information content (AvgIpc) is 2.39. The average molecular weight is 283 g/mol. The largest absolute Gasteiger partial charge is 0.491 e. The Balaban J connectivity index is 2.40. The third kappa shape index (κ3) is 6.72. The molecule has 1 aromatic carbocycles. The molecule has 0 aromatic heterocycles. The summed E-state index contributed by atoms with van der Waals surface area (Å²) in [5.74, 6) is -0.946. The molecule has 1 amide bonds. The first-order valence-electron chi connectivity index (χ1n) is 5.93. The molecule has 0 bridgehead atoms. The van der Waals surface area contributed by atoms with Crippen LogP contribution in [0, 0.1) is 0 Å². The smallest absolute Gasteiger partial charge is 0.329 e. The molecule has 110 valence electrons. The number of anilines is 1. The van der Waals surface area contributed by atoms with Crippen LogP contribution in [0.1, 0.15) is 0 Å². The summed E-state index contributed by atoms with van der Waals surface area (Å²) in [5, 5.41) is 11.0. The Morgan fingerprint density at radius 2 is 2.05 bits per heavy atom. The van der Waals surface area contributed by atoms with Crippen LogP contribution in [0.3, 0.4) is 0 Å². The van der Waals surface area contributed by atoms with Crippen LogP contribution in [0.25, 0.3) is 0 Å². The summed E-state index contributed by atoms with van der Waals surface area (Å²) >= 11 is 0. The monoisotopic (exact) mass is 283 g/mol. The van der Waals surface area contributed by atoms with Gasteiger partial charge < -0.3 is 24.6 Å². The van der Waals surface area contributed by atoms with E-state index >= 15 is 0 Å². The number of carbonyl (C=O) groups is 2. The molecule has 0 saturated carbocycles. The zero-order chi connectivity index (χ0) is 14.8. The molecule has 2 N–H and O–H groups in total. The lowest BCUT2D eigenvalue weighted by Crippen LogP contribution is -2.20. The van der Waals surface area contributed by atoms with E-state index in [1.165, 1.54) is 0 Å². The van der Waals surface area contributed by atoms with Gasteiger partial charge in [-0.05, 0) is 12.1 Å². The lowest BCUT2D eigenvalue weighted by Gasteiger charge is -2.09. The van der Waals surface area contributed by atoms with E-state index < -0.39 is 18.5 Å². The van der Waals surface area contributed by atoms with Crippen molar-refractivity contribution < 1.29 is 28.9 Å². The molecule has 0 fully saturated rings. The predicted octanol–water partition coefficient (Wildman–Crippen LogP) is 0.752. The van der Waals surface area contributed by atoms with Crippen LogP contribution in [0.2, 0.25) is 0 Å². The predicted molar refractivity (Wildman–Crippen MR) is 70.9 cm³/mol. The van der Waals surface area contributed by atoms with Crippen molar-refractivity contribution >= 4 is 17.6 Å². The number of rotatable bonds is 9. The number of hydrogen-bond donors (Lipinski definition) is 2. The van der Waals surface area contributed by atoms with Crippen molar-refractivity contribution in [1.29, 1.82) is 0 Å². The molecule has 0 atom stereocenters. The van der Waals surface area contributed by atoms with Crippen LogP contribution in [0.5, 0.6) is 5.75 Å². The fourth-order valence-electron chi connectivity index (χ4n) is 1.33. The van der Waals surface area contributed by atoms with Crippen LogP contribution in [-0.4, -0.2) is 50.5 Å². The highest BCUT2D eigenvalue weighted by atomic mass is 16.5. The molecule has 0 spiro atoms. The number of carboxylic acids is 1. The highest BCUT2D eigenvalue weighted by molar-refractivity contribution is 5.92. The first kappa shape index (κ1) is 15.9. The molecule has 7 heteroatoms. The van der Waals surface area contributed by atoms with Gasteiger partial charge in [0, 0.05) is 18.9 Å². The topological polar surface area (TPSA) is 94.1 Å². The van der Waals surface area contributed by atoms with Gasteiger partial charge in [0.2, 0.25) is 5.91 Å². The van der Waals surface area contributed by atoms with Crippen molar-refractivity contribution in [3.63, 3.8) is 0 Å². The van der Waals surface area contributed by atoms with Crippen LogP contribution in [0.4, 0.5) is 5.69 Å². The molecule has 0 heterocycles. The number of aliphatic carboxylic acids is 1. The Hall–Kier alpha value is -2.12. The number of amides is 1. The number of ether oxygens (including phenoxy) is 3. The maximum Gasteiger partial charge on any atom is 0.329 e. The number of benzene rings is 1. The highest BCUT2D eigenvalue weighted by Crippen LogP contribution is 2.17. The van der Waals surface area contributed by atoms with E-state index in [0.29, 0.717) is 24.7 Å². The van der Waals surface area contributed by atoms with Gasteiger partial charge in [-0.1, -0.05) is 6.07 Å². The maximum absolute atomic E-state index is 11.5. The van der Waals surface area contributed by atoms with Gasteiger partial charge in [0.25, 0.3) is 0 Å². The van der Waals surface area contributed by atoms with Crippen molar-refractivity contribution in [3.05, 3.63) is 24.3 Å². The first-order valence-corrected chi connectivity index (χ1v) is 5.93. The van der Waals surface area contributed by atoms with Gasteiger partial charge >= 0.3 is 5.97 Å². The van der Waals surface area contributed by atoms with Gasteiger partial charge in [-0.15, -0.1) is 0 Å².